The second-order valence-corrected chi connectivity index (χ2v) is 5.85. The van der Waals surface area contributed by atoms with E-state index in [0.29, 0.717) is 12.1 Å². The van der Waals surface area contributed by atoms with E-state index in [0.717, 1.165) is 6.04 Å². The van der Waals surface area contributed by atoms with Gasteiger partial charge < -0.3 is 5.32 Å². The summed E-state index contributed by atoms with van der Waals surface area (Å²) >= 11 is 0. The van der Waals surface area contributed by atoms with Gasteiger partial charge in [-0.3, -0.25) is 9.80 Å². The van der Waals surface area contributed by atoms with Crippen LogP contribution < -0.4 is 5.32 Å². The van der Waals surface area contributed by atoms with Crippen molar-refractivity contribution in [3.8, 4) is 0 Å². The molecule has 3 atom stereocenters. The Balaban J connectivity index is 1.82. The quantitative estimate of drug-likeness (QED) is 0.803. The highest BCUT2D eigenvalue weighted by molar-refractivity contribution is 4.89. The van der Waals surface area contributed by atoms with Crippen LogP contribution in [-0.4, -0.2) is 61.2 Å². The Hall–Kier alpha value is -0.120. The van der Waals surface area contributed by atoms with Crippen LogP contribution in [0.4, 0.5) is 0 Å². The first-order valence-corrected chi connectivity index (χ1v) is 7.37. The lowest BCUT2D eigenvalue weighted by atomic mass is 10.1. The van der Waals surface area contributed by atoms with Crippen LogP contribution in [0, 0.1) is 0 Å². The maximum Gasteiger partial charge on any atom is 0.0235 e. The SMILES string of the molecule is CNC(C)C(C)N1CCC(N2CCCCC2)C1. The van der Waals surface area contributed by atoms with Crippen LogP contribution in [0.1, 0.15) is 39.5 Å². The van der Waals surface area contributed by atoms with Gasteiger partial charge in [0.1, 0.15) is 0 Å². The largest absolute Gasteiger partial charge is 0.316 e. The van der Waals surface area contributed by atoms with Crippen molar-refractivity contribution >= 4 is 0 Å². The molecule has 0 spiro atoms. The van der Waals surface area contributed by atoms with Crippen molar-refractivity contribution in [1.29, 1.82) is 0 Å². The highest BCUT2D eigenvalue weighted by atomic mass is 15.3. The van der Waals surface area contributed by atoms with Gasteiger partial charge in [-0.05, 0) is 53.2 Å². The van der Waals surface area contributed by atoms with Crippen LogP contribution in [0.25, 0.3) is 0 Å². The van der Waals surface area contributed by atoms with Gasteiger partial charge in [0.15, 0.2) is 0 Å². The molecule has 2 fully saturated rings. The number of nitrogens with zero attached hydrogens (tertiary/aromatic N) is 2. The van der Waals surface area contributed by atoms with Crippen LogP contribution >= 0.6 is 0 Å². The van der Waals surface area contributed by atoms with Crippen molar-refractivity contribution in [3.63, 3.8) is 0 Å². The van der Waals surface area contributed by atoms with Crippen molar-refractivity contribution in [3.05, 3.63) is 0 Å². The third kappa shape index (κ3) is 3.21. The van der Waals surface area contributed by atoms with E-state index in [1.54, 1.807) is 0 Å². The first-order valence-electron chi connectivity index (χ1n) is 7.37. The van der Waals surface area contributed by atoms with Gasteiger partial charge in [0.25, 0.3) is 0 Å². The van der Waals surface area contributed by atoms with E-state index in [4.69, 9.17) is 0 Å². The molecule has 0 aromatic carbocycles. The van der Waals surface area contributed by atoms with Gasteiger partial charge >= 0.3 is 0 Å². The van der Waals surface area contributed by atoms with Crippen LogP contribution in [0.2, 0.25) is 0 Å². The van der Waals surface area contributed by atoms with Crippen molar-refractivity contribution in [2.45, 2.75) is 57.7 Å². The Morgan fingerprint density at radius 3 is 2.41 bits per heavy atom. The molecule has 0 aromatic heterocycles. The maximum atomic E-state index is 3.38. The summed E-state index contributed by atoms with van der Waals surface area (Å²) in [6.45, 7) is 9.91. The van der Waals surface area contributed by atoms with Gasteiger partial charge in [0.05, 0.1) is 0 Å². The molecular formula is C14H29N3. The van der Waals surface area contributed by atoms with Crippen molar-refractivity contribution in [2.75, 3.05) is 33.2 Å². The van der Waals surface area contributed by atoms with E-state index >= 15 is 0 Å². The zero-order valence-electron chi connectivity index (χ0n) is 11.8. The molecule has 2 rings (SSSR count). The first-order chi connectivity index (χ1) is 8.22. The Kier molecular flexibility index (Phi) is 4.83. The lowest BCUT2D eigenvalue weighted by Crippen LogP contribution is -2.47. The smallest absolute Gasteiger partial charge is 0.0235 e. The first kappa shape index (κ1) is 13.3. The van der Waals surface area contributed by atoms with Crippen molar-refractivity contribution in [2.24, 2.45) is 0 Å². The topological polar surface area (TPSA) is 18.5 Å². The van der Waals surface area contributed by atoms with Crippen molar-refractivity contribution in [1.82, 2.24) is 15.1 Å². The van der Waals surface area contributed by atoms with E-state index < -0.39 is 0 Å². The molecule has 0 saturated carbocycles. The minimum Gasteiger partial charge on any atom is -0.316 e. The summed E-state index contributed by atoms with van der Waals surface area (Å²) in [5, 5.41) is 3.38. The summed E-state index contributed by atoms with van der Waals surface area (Å²) < 4.78 is 0. The summed E-state index contributed by atoms with van der Waals surface area (Å²) in [6.07, 6.45) is 5.65. The molecule has 0 amide bonds. The van der Waals surface area contributed by atoms with E-state index in [1.165, 1.54) is 51.9 Å². The number of piperidine rings is 1. The molecule has 1 N–H and O–H groups in total. The van der Waals surface area contributed by atoms with E-state index in [2.05, 4.69) is 36.0 Å². The zero-order chi connectivity index (χ0) is 12.3. The molecule has 2 aliphatic rings. The maximum absolute atomic E-state index is 3.38. The molecule has 2 heterocycles. The van der Waals surface area contributed by atoms with Crippen LogP contribution in [-0.2, 0) is 0 Å². The monoisotopic (exact) mass is 239 g/mol. The molecular weight excluding hydrogens is 210 g/mol. The number of hydrogen-bond donors (Lipinski definition) is 1. The molecule has 0 radical (unpaired) electrons. The number of hydrogen-bond acceptors (Lipinski definition) is 3. The molecule has 17 heavy (non-hydrogen) atoms. The molecule has 100 valence electrons. The standard InChI is InChI=1S/C14H29N3/c1-12(15-3)13(2)17-10-7-14(11-17)16-8-5-4-6-9-16/h12-15H,4-11H2,1-3H3. The second kappa shape index (κ2) is 6.17. The van der Waals surface area contributed by atoms with E-state index in [9.17, 15) is 0 Å². The lowest BCUT2D eigenvalue weighted by Gasteiger charge is -2.34. The molecule has 3 unspecified atom stereocenters. The molecule has 3 nitrogen and oxygen atoms in total. The Morgan fingerprint density at radius 1 is 1.06 bits per heavy atom. The van der Waals surface area contributed by atoms with Gasteiger partial charge in [0, 0.05) is 31.2 Å². The van der Waals surface area contributed by atoms with Gasteiger partial charge in [-0.15, -0.1) is 0 Å². The molecule has 2 aliphatic heterocycles. The summed E-state index contributed by atoms with van der Waals surface area (Å²) in [5.41, 5.74) is 0. The fourth-order valence-electron chi connectivity index (χ4n) is 3.28. The van der Waals surface area contributed by atoms with Gasteiger partial charge in [-0.1, -0.05) is 6.42 Å². The fraction of sp³-hybridized carbons (Fsp3) is 1.00. The molecule has 0 aromatic rings. The molecule has 2 saturated heterocycles. The van der Waals surface area contributed by atoms with Gasteiger partial charge in [-0.2, -0.15) is 0 Å². The summed E-state index contributed by atoms with van der Waals surface area (Å²) in [7, 11) is 2.07. The molecule has 3 heteroatoms. The van der Waals surface area contributed by atoms with Gasteiger partial charge in [0.2, 0.25) is 0 Å². The fourth-order valence-corrected chi connectivity index (χ4v) is 3.28. The van der Waals surface area contributed by atoms with Gasteiger partial charge in [-0.25, -0.2) is 0 Å². The summed E-state index contributed by atoms with van der Waals surface area (Å²) in [4.78, 5) is 5.40. The molecule has 0 aliphatic carbocycles. The lowest BCUT2D eigenvalue weighted by molar-refractivity contribution is 0.148. The minimum absolute atomic E-state index is 0.593. The van der Waals surface area contributed by atoms with E-state index in [-0.39, 0.29) is 0 Å². The normalized spacial score (nSPS) is 31.6. The third-order valence-electron chi connectivity index (χ3n) is 4.86. The average Bonchev–Trinajstić information content (AvgIpc) is 2.87. The highest BCUT2D eigenvalue weighted by Crippen LogP contribution is 2.22. The Labute approximate surface area is 107 Å². The Bertz CT molecular complexity index is 218. The zero-order valence-corrected chi connectivity index (χ0v) is 11.8. The van der Waals surface area contributed by atoms with Crippen LogP contribution in [0.3, 0.4) is 0 Å². The third-order valence-corrected chi connectivity index (χ3v) is 4.86. The van der Waals surface area contributed by atoms with Crippen molar-refractivity contribution < 1.29 is 0 Å². The number of likely N-dealkylation sites (N-methyl/N-ethyl adjacent to an activating group) is 1. The van der Waals surface area contributed by atoms with E-state index in [1.807, 2.05) is 0 Å². The molecule has 0 bridgehead atoms. The summed E-state index contributed by atoms with van der Waals surface area (Å²) in [5.74, 6) is 0. The van der Waals surface area contributed by atoms with Crippen LogP contribution in [0.15, 0.2) is 0 Å². The minimum atomic E-state index is 0.593. The average molecular weight is 239 g/mol. The Morgan fingerprint density at radius 2 is 1.76 bits per heavy atom. The number of likely N-dealkylation sites (tertiary alicyclic amines) is 2. The summed E-state index contributed by atoms with van der Waals surface area (Å²) in [6, 6.07) is 2.09. The predicted molar refractivity (Wildman–Crippen MR) is 73.4 cm³/mol. The predicted octanol–water partition coefficient (Wildman–Crippen LogP) is 1.54. The van der Waals surface area contributed by atoms with Crippen LogP contribution in [0.5, 0.6) is 0 Å². The number of rotatable bonds is 4. The number of nitrogens with one attached hydrogen (secondary N) is 1. The second-order valence-electron chi connectivity index (χ2n) is 5.85. The highest BCUT2D eigenvalue weighted by Gasteiger charge is 2.31.